The molecule has 130 valence electrons. The highest BCUT2D eigenvalue weighted by molar-refractivity contribution is 6.37. The third-order valence-electron chi connectivity index (χ3n) is 4.04. The third kappa shape index (κ3) is 3.57. The van der Waals surface area contributed by atoms with E-state index in [1.807, 2.05) is 31.2 Å². The van der Waals surface area contributed by atoms with Crippen LogP contribution in [0.1, 0.15) is 24.0 Å². The quantitative estimate of drug-likeness (QED) is 0.468. The molecule has 0 fully saturated rings. The van der Waals surface area contributed by atoms with Crippen LogP contribution in [0, 0.1) is 10.1 Å². The molecule has 3 rings (SSSR count). The average Bonchev–Trinajstić information content (AvgIpc) is 2.99. The first-order chi connectivity index (χ1) is 12.0. The summed E-state index contributed by atoms with van der Waals surface area (Å²) in [6.07, 6.45) is 1.80. The summed E-state index contributed by atoms with van der Waals surface area (Å²) in [5, 5.41) is 12.9. The number of hydrogen-bond donors (Lipinski definition) is 1. The molecular weight excluding hydrogens is 363 g/mol. The van der Waals surface area contributed by atoms with Crippen molar-refractivity contribution in [3.05, 3.63) is 73.9 Å². The minimum Gasteiger partial charge on any atom is -0.491 e. The number of benzene rings is 2. The molecule has 0 saturated heterocycles. The van der Waals surface area contributed by atoms with Crippen LogP contribution >= 0.6 is 23.2 Å². The largest absolute Gasteiger partial charge is 0.491 e. The van der Waals surface area contributed by atoms with E-state index < -0.39 is 5.92 Å². The molecule has 0 aliphatic heterocycles. The Labute approximate surface area is 154 Å². The molecule has 0 amide bonds. The molecule has 0 saturated carbocycles. The molecule has 0 bridgehead atoms. The normalized spacial score (nSPS) is 12.3. The maximum absolute atomic E-state index is 11.3. The van der Waals surface area contributed by atoms with E-state index in [0.29, 0.717) is 28.0 Å². The highest BCUT2D eigenvalue weighted by Crippen LogP contribution is 2.39. The van der Waals surface area contributed by atoms with Crippen molar-refractivity contribution in [1.29, 1.82) is 0 Å². The number of fused-ring (bicyclic) bond motifs is 1. The Morgan fingerprint density at radius 1 is 1.24 bits per heavy atom. The van der Waals surface area contributed by atoms with Gasteiger partial charge in [-0.1, -0.05) is 41.4 Å². The van der Waals surface area contributed by atoms with Gasteiger partial charge in [0.1, 0.15) is 0 Å². The number of nitrogens with zero attached hydrogens (tertiary/aromatic N) is 1. The van der Waals surface area contributed by atoms with Crippen molar-refractivity contribution in [1.82, 2.24) is 4.98 Å². The van der Waals surface area contributed by atoms with Crippen molar-refractivity contribution >= 4 is 34.1 Å². The van der Waals surface area contributed by atoms with Gasteiger partial charge in [-0.25, -0.2) is 0 Å². The molecule has 0 aliphatic rings. The molecule has 1 N–H and O–H groups in total. The van der Waals surface area contributed by atoms with Crippen LogP contribution in [0.2, 0.25) is 10.0 Å². The molecule has 5 nitrogen and oxygen atoms in total. The summed E-state index contributed by atoms with van der Waals surface area (Å²) in [6, 6.07) is 11.1. The van der Waals surface area contributed by atoms with E-state index in [2.05, 4.69) is 4.98 Å². The fraction of sp³-hybridized carbons (Fsp3) is 0.222. The Morgan fingerprint density at radius 2 is 1.92 bits per heavy atom. The van der Waals surface area contributed by atoms with Crippen LogP contribution in [0.25, 0.3) is 10.9 Å². The van der Waals surface area contributed by atoms with Gasteiger partial charge in [0.25, 0.3) is 0 Å². The maximum Gasteiger partial charge on any atom is 0.214 e. The van der Waals surface area contributed by atoms with Gasteiger partial charge in [0.2, 0.25) is 6.54 Å². The van der Waals surface area contributed by atoms with Crippen molar-refractivity contribution in [2.75, 3.05) is 13.2 Å². The molecule has 1 aromatic heterocycles. The number of H-pyrrole nitrogens is 1. The number of ether oxygens (including phenoxy) is 1. The first-order valence-corrected chi connectivity index (χ1v) is 8.56. The lowest BCUT2D eigenvalue weighted by atomic mass is 9.91. The minimum atomic E-state index is -0.475. The molecule has 3 aromatic rings. The maximum atomic E-state index is 11.3. The first kappa shape index (κ1) is 17.6. The zero-order valence-electron chi connectivity index (χ0n) is 13.5. The van der Waals surface area contributed by atoms with Crippen LogP contribution in [0.4, 0.5) is 0 Å². The van der Waals surface area contributed by atoms with Crippen LogP contribution in [-0.4, -0.2) is 23.1 Å². The van der Waals surface area contributed by atoms with E-state index in [4.69, 9.17) is 27.9 Å². The van der Waals surface area contributed by atoms with E-state index >= 15 is 0 Å². The molecule has 0 spiro atoms. The lowest BCUT2D eigenvalue weighted by molar-refractivity contribution is -0.481. The number of rotatable bonds is 6. The Balaban J connectivity index is 2.12. The first-order valence-electron chi connectivity index (χ1n) is 7.80. The lowest BCUT2D eigenvalue weighted by Crippen LogP contribution is -2.14. The molecule has 2 aromatic carbocycles. The number of nitro groups is 1. The van der Waals surface area contributed by atoms with Gasteiger partial charge in [-0.2, -0.15) is 0 Å². The fourth-order valence-electron chi connectivity index (χ4n) is 2.98. The lowest BCUT2D eigenvalue weighted by Gasteiger charge is -2.16. The summed E-state index contributed by atoms with van der Waals surface area (Å²) in [4.78, 5) is 14.1. The predicted octanol–water partition coefficient (Wildman–Crippen LogP) is 5.28. The molecule has 0 radical (unpaired) electrons. The smallest absolute Gasteiger partial charge is 0.214 e. The average molecular weight is 379 g/mol. The van der Waals surface area contributed by atoms with Gasteiger partial charge in [-0.3, -0.25) is 10.1 Å². The fourth-order valence-corrected chi connectivity index (χ4v) is 3.59. The molecule has 0 aliphatic carbocycles. The van der Waals surface area contributed by atoms with Crippen LogP contribution in [0.5, 0.6) is 5.75 Å². The van der Waals surface area contributed by atoms with Crippen molar-refractivity contribution < 1.29 is 9.66 Å². The van der Waals surface area contributed by atoms with Gasteiger partial charge >= 0.3 is 0 Å². The highest BCUT2D eigenvalue weighted by atomic mass is 35.5. The molecular formula is C18H16Cl2N2O3. The Morgan fingerprint density at radius 3 is 2.56 bits per heavy atom. The summed E-state index contributed by atoms with van der Waals surface area (Å²) in [7, 11) is 0. The summed E-state index contributed by atoms with van der Waals surface area (Å²) in [5.41, 5.74) is 2.44. The molecule has 0 unspecified atom stereocenters. The van der Waals surface area contributed by atoms with Crippen LogP contribution < -0.4 is 4.74 Å². The second-order valence-electron chi connectivity index (χ2n) is 5.60. The molecule has 25 heavy (non-hydrogen) atoms. The third-order valence-corrected chi connectivity index (χ3v) is 4.60. The number of aromatic nitrogens is 1. The Kier molecular flexibility index (Phi) is 5.16. The van der Waals surface area contributed by atoms with Crippen LogP contribution in [0.15, 0.2) is 42.6 Å². The van der Waals surface area contributed by atoms with Gasteiger partial charge in [-0.15, -0.1) is 0 Å². The number of hydrogen-bond acceptors (Lipinski definition) is 3. The number of nitrogens with one attached hydrogen (secondary N) is 1. The SMILES string of the molecule is CCOc1c(Cl)cc([C@@H](C[N+](=O)[O-])c2c[nH]c3ccccc23)cc1Cl. The minimum absolute atomic E-state index is 0.261. The summed E-state index contributed by atoms with van der Waals surface area (Å²) >= 11 is 12.6. The summed E-state index contributed by atoms with van der Waals surface area (Å²) in [5.74, 6) is -0.0785. The van der Waals surface area contributed by atoms with Crippen LogP contribution in [-0.2, 0) is 0 Å². The van der Waals surface area contributed by atoms with Crippen molar-refractivity contribution in [3.8, 4) is 5.75 Å². The van der Waals surface area contributed by atoms with Gasteiger partial charge in [0, 0.05) is 22.0 Å². The van der Waals surface area contributed by atoms with E-state index in [9.17, 15) is 10.1 Å². The zero-order valence-corrected chi connectivity index (χ0v) is 15.0. The standard InChI is InChI=1S/C18H16Cl2N2O3/c1-2-25-18-15(19)7-11(8-16(18)20)14(10-22(23)24)13-9-21-17-6-4-3-5-12(13)17/h3-9,14,21H,2,10H2,1H3/t14-/m1/s1. The predicted molar refractivity (Wildman–Crippen MR) is 99.6 cm³/mol. The summed E-state index contributed by atoms with van der Waals surface area (Å²) < 4.78 is 5.44. The van der Waals surface area contributed by atoms with E-state index in [-0.39, 0.29) is 11.5 Å². The van der Waals surface area contributed by atoms with E-state index in [0.717, 1.165) is 16.5 Å². The van der Waals surface area contributed by atoms with Gasteiger partial charge < -0.3 is 9.72 Å². The second kappa shape index (κ2) is 7.33. The second-order valence-corrected chi connectivity index (χ2v) is 6.42. The topological polar surface area (TPSA) is 68.2 Å². The Bertz CT molecular complexity index is 901. The van der Waals surface area contributed by atoms with E-state index in [1.54, 1.807) is 18.3 Å². The van der Waals surface area contributed by atoms with Gasteiger partial charge in [0.05, 0.1) is 22.6 Å². The monoisotopic (exact) mass is 378 g/mol. The molecule has 7 heteroatoms. The zero-order chi connectivity index (χ0) is 18.0. The van der Waals surface area contributed by atoms with Gasteiger partial charge in [-0.05, 0) is 36.2 Å². The van der Waals surface area contributed by atoms with E-state index in [1.165, 1.54) is 0 Å². The van der Waals surface area contributed by atoms with Crippen molar-refractivity contribution in [2.45, 2.75) is 12.8 Å². The number of aromatic amines is 1. The number of para-hydroxylation sites is 1. The van der Waals surface area contributed by atoms with Crippen molar-refractivity contribution in [3.63, 3.8) is 0 Å². The highest BCUT2D eigenvalue weighted by Gasteiger charge is 2.25. The number of halogens is 2. The Hall–Kier alpha value is -2.24. The van der Waals surface area contributed by atoms with Gasteiger partial charge in [0.15, 0.2) is 5.75 Å². The molecule has 1 atom stereocenters. The molecule has 1 heterocycles. The summed E-state index contributed by atoms with van der Waals surface area (Å²) in [6.45, 7) is 2.00. The van der Waals surface area contributed by atoms with Crippen LogP contribution in [0.3, 0.4) is 0 Å². The van der Waals surface area contributed by atoms with Crippen molar-refractivity contribution in [2.24, 2.45) is 0 Å².